The number of hydrogen-bond acceptors (Lipinski definition) is 5. The highest BCUT2D eigenvalue weighted by molar-refractivity contribution is 5.93. The van der Waals surface area contributed by atoms with Crippen molar-refractivity contribution in [2.45, 2.75) is 20.4 Å². The monoisotopic (exact) mass is 322 g/mol. The maximum atomic E-state index is 12.7. The van der Waals surface area contributed by atoms with Crippen molar-refractivity contribution in [1.82, 2.24) is 10.4 Å². The van der Waals surface area contributed by atoms with E-state index in [0.29, 0.717) is 37.6 Å². The van der Waals surface area contributed by atoms with Crippen LogP contribution in [0.3, 0.4) is 0 Å². The van der Waals surface area contributed by atoms with Gasteiger partial charge in [-0.1, -0.05) is 6.07 Å². The number of fused-ring (bicyclic) bond motifs is 1. The molecule has 2 rings (SSSR count). The number of nitrogens with zero attached hydrogens (tertiary/aromatic N) is 1. The molecule has 126 valence electrons. The van der Waals surface area contributed by atoms with E-state index in [2.05, 4.69) is 0 Å². The standard InChI is InChI=1S/C16H22N2O5/c1-16(2,10-22-3)15(20)18-6-7-23-13-8-11(14(19)17-21)4-5-12(13)9-18/h4-5,8,21H,6-7,9-10H2,1-3H3,(H,17,19). The van der Waals surface area contributed by atoms with Gasteiger partial charge in [-0.05, 0) is 26.0 Å². The molecule has 7 nitrogen and oxygen atoms in total. The van der Waals surface area contributed by atoms with E-state index in [1.807, 2.05) is 13.8 Å². The van der Waals surface area contributed by atoms with Crippen LogP contribution in [0.2, 0.25) is 0 Å². The molecule has 2 N–H and O–H groups in total. The van der Waals surface area contributed by atoms with Crippen LogP contribution < -0.4 is 10.2 Å². The number of rotatable bonds is 4. The lowest BCUT2D eigenvalue weighted by molar-refractivity contribution is -0.143. The number of carbonyl (C=O) groups is 2. The maximum Gasteiger partial charge on any atom is 0.274 e. The van der Waals surface area contributed by atoms with Gasteiger partial charge in [0.25, 0.3) is 5.91 Å². The number of methoxy groups -OCH3 is 1. The zero-order valence-corrected chi connectivity index (χ0v) is 13.6. The number of carbonyl (C=O) groups excluding carboxylic acids is 2. The number of amides is 2. The molecule has 0 spiro atoms. The highest BCUT2D eigenvalue weighted by atomic mass is 16.5. The zero-order valence-electron chi connectivity index (χ0n) is 13.6. The Kier molecular flexibility index (Phi) is 5.23. The highest BCUT2D eigenvalue weighted by Crippen LogP contribution is 2.27. The van der Waals surface area contributed by atoms with Crippen LogP contribution in [0, 0.1) is 5.41 Å². The summed E-state index contributed by atoms with van der Waals surface area (Å²) in [6, 6.07) is 4.88. The van der Waals surface area contributed by atoms with Crippen LogP contribution in [-0.4, -0.2) is 48.8 Å². The van der Waals surface area contributed by atoms with Crippen LogP contribution in [0.1, 0.15) is 29.8 Å². The Morgan fingerprint density at radius 1 is 1.43 bits per heavy atom. The molecule has 0 saturated heterocycles. The Hall–Kier alpha value is -2.12. The van der Waals surface area contributed by atoms with Gasteiger partial charge in [0.05, 0.1) is 18.6 Å². The minimum Gasteiger partial charge on any atom is -0.491 e. The Labute approximate surface area is 135 Å². The third kappa shape index (κ3) is 3.80. The van der Waals surface area contributed by atoms with Gasteiger partial charge in [-0.15, -0.1) is 0 Å². The molecule has 1 aromatic rings. The molecule has 0 saturated carbocycles. The lowest BCUT2D eigenvalue weighted by Crippen LogP contribution is -2.43. The molecular formula is C16H22N2O5. The van der Waals surface area contributed by atoms with Crippen molar-refractivity contribution in [3.05, 3.63) is 29.3 Å². The van der Waals surface area contributed by atoms with Crippen molar-refractivity contribution in [2.75, 3.05) is 26.9 Å². The second-order valence-corrected chi connectivity index (χ2v) is 6.16. The fourth-order valence-corrected chi connectivity index (χ4v) is 2.60. The van der Waals surface area contributed by atoms with Crippen LogP contribution in [0.15, 0.2) is 18.2 Å². The molecule has 0 radical (unpaired) electrons. The first-order valence-corrected chi connectivity index (χ1v) is 7.37. The van der Waals surface area contributed by atoms with E-state index < -0.39 is 11.3 Å². The van der Waals surface area contributed by atoms with E-state index in [9.17, 15) is 9.59 Å². The molecule has 23 heavy (non-hydrogen) atoms. The van der Waals surface area contributed by atoms with E-state index in [1.54, 1.807) is 35.7 Å². The number of hydrogen-bond donors (Lipinski definition) is 2. The number of hydroxylamine groups is 1. The molecule has 0 unspecified atom stereocenters. The van der Waals surface area contributed by atoms with Crippen LogP contribution in [0.4, 0.5) is 0 Å². The van der Waals surface area contributed by atoms with Gasteiger partial charge in [0.2, 0.25) is 5.91 Å². The molecule has 1 heterocycles. The van der Waals surface area contributed by atoms with E-state index in [1.165, 1.54) is 0 Å². The van der Waals surface area contributed by atoms with Gasteiger partial charge in [-0.25, -0.2) is 5.48 Å². The second-order valence-electron chi connectivity index (χ2n) is 6.16. The van der Waals surface area contributed by atoms with Crippen molar-refractivity contribution in [3.63, 3.8) is 0 Å². The Morgan fingerprint density at radius 2 is 2.17 bits per heavy atom. The smallest absolute Gasteiger partial charge is 0.274 e. The minimum atomic E-state index is -0.615. The summed E-state index contributed by atoms with van der Waals surface area (Å²) in [7, 11) is 1.57. The van der Waals surface area contributed by atoms with Crippen molar-refractivity contribution in [3.8, 4) is 5.75 Å². The van der Waals surface area contributed by atoms with Gasteiger partial charge in [0, 0.05) is 24.8 Å². The van der Waals surface area contributed by atoms with E-state index >= 15 is 0 Å². The molecule has 1 aromatic carbocycles. The maximum absolute atomic E-state index is 12.7. The fourth-order valence-electron chi connectivity index (χ4n) is 2.60. The number of ether oxygens (including phenoxy) is 2. The molecule has 0 atom stereocenters. The Balaban J connectivity index is 2.21. The average molecular weight is 322 g/mol. The molecule has 0 aliphatic carbocycles. The normalized spacial score (nSPS) is 14.5. The highest BCUT2D eigenvalue weighted by Gasteiger charge is 2.33. The molecule has 0 aromatic heterocycles. The topological polar surface area (TPSA) is 88.1 Å². The molecule has 2 amide bonds. The number of nitrogens with one attached hydrogen (secondary N) is 1. The van der Waals surface area contributed by atoms with Gasteiger partial charge < -0.3 is 14.4 Å². The van der Waals surface area contributed by atoms with Crippen molar-refractivity contribution < 1.29 is 24.3 Å². The lowest BCUT2D eigenvalue weighted by Gasteiger charge is -2.30. The Morgan fingerprint density at radius 3 is 2.83 bits per heavy atom. The minimum absolute atomic E-state index is 0.00650. The number of benzene rings is 1. The molecule has 0 fully saturated rings. The van der Waals surface area contributed by atoms with Gasteiger partial charge in [-0.2, -0.15) is 0 Å². The van der Waals surface area contributed by atoms with Gasteiger partial charge in [-0.3, -0.25) is 14.8 Å². The van der Waals surface area contributed by atoms with Crippen molar-refractivity contribution >= 4 is 11.8 Å². The molecule has 7 heteroatoms. The van der Waals surface area contributed by atoms with Crippen LogP contribution >= 0.6 is 0 Å². The predicted octanol–water partition coefficient (Wildman–Crippen LogP) is 1.20. The summed E-state index contributed by atoms with van der Waals surface area (Å²) in [5, 5.41) is 8.70. The third-order valence-electron chi connectivity index (χ3n) is 3.78. The first-order valence-electron chi connectivity index (χ1n) is 7.37. The van der Waals surface area contributed by atoms with Crippen molar-refractivity contribution in [2.24, 2.45) is 5.41 Å². The van der Waals surface area contributed by atoms with E-state index in [-0.39, 0.29) is 5.91 Å². The summed E-state index contributed by atoms with van der Waals surface area (Å²) in [5.41, 5.74) is 2.09. The van der Waals surface area contributed by atoms with E-state index in [4.69, 9.17) is 14.7 Å². The molecule has 0 bridgehead atoms. The van der Waals surface area contributed by atoms with Gasteiger partial charge >= 0.3 is 0 Å². The van der Waals surface area contributed by atoms with Gasteiger partial charge in [0.1, 0.15) is 12.4 Å². The summed E-state index contributed by atoms with van der Waals surface area (Å²) >= 11 is 0. The summed E-state index contributed by atoms with van der Waals surface area (Å²) in [6.45, 7) is 5.24. The van der Waals surface area contributed by atoms with Crippen LogP contribution in [0.5, 0.6) is 5.75 Å². The molecule has 1 aliphatic heterocycles. The zero-order chi connectivity index (χ0) is 17.0. The summed E-state index contributed by atoms with van der Waals surface area (Å²) in [4.78, 5) is 25.9. The molecular weight excluding hydrogens is 300 g/mol. The SMILES string of the molecule is COCC(C)(C)C(=O)N1CCOc2cc(C(=O)NO)ccc2C1. The van der Waals surface area contributed by atoms with Crippen molar-refractivity contribution in [1.29, 1.82) is 0 Å². The Bertz CT molecular complexity index is 600. The second kappa shape index (κ2) is 6.97. The first kappa shape index (κ1) is 17.2. The lowest BCUT2D eigenvalue weighted by atomic mass is 9.92. The van der Waals surface area contributed by atoms with Crippen LogP contribution in [-0.2, 0) is 16.1 Å². The summed E-state index contributed by atoms with van der Waals surface area (Å²) in [6.07, 6.45) is 0. The van der Waals surface area contributed by atoms with Crippen LogP contribution in [0.25, 0.3) is 0 Å². The van der Waals surface area contributed by atoms with E-state index in [0.717, 1.165) is 5.56 Å². The average Bonchev–Trinajstić information content (AvgIpc) is 2.74. The fraction of sp³-hybridized carbons (Fsp3) is 0.500. The summed E-state index contributed by atoms with van der Waals surface area (Å²) in [5.74, 6) is -0.0614. The van der Waals surface area contributed by atoms with Gasteiger partial charge in [0.15, 0.2) is 0 Å². The molecule has 1 aliphatic rings. The first-order chi connectivity index (χ1) is 10.9. The quantitative estimate of drug-likeness (QED) is 0.642. The predicted molar refractivity (Wildman–Crippen MR) is 82.3 cm³/mol. The largest absolute Gasteiger partial charge is 0.491 e. The third-order valence-corrected chi connectivity index (χ3v) is 3.78. The summed E-state index contributed by atoms with van der Waals surface area (Å²) < 4.78 is 10.8.